The summed E-state index contributed by atoms with van der Waals surface area (Å²) in [7, 11) is 0. The molecule has 0 aliphatic carbocycles. The summed E-state index contributed by atoms with van der Waals surface area (Å²) in [4.78, 5) is 10.4. The molecule has 0 fully saturated rings. The van der Waals surface area contributed by atoms with E-state index in [1.54, 1.807) is 0 Å². The van der Waals surface area contributed by atoms with E-state index in [9.17, 15) is 0 Å². The largest absolute Gasteiger partial charge is 0.344 e. The topological polar surface area (TPSA) is 46.6 Å². The highest BCUT2D eigenvalue weighted by molar-refractivity contribution is 6.18. The summed E-state index contributed by atoms with van der Waals surface area (Å²) in [5.41, 5.74) is 10.2. The van der Waals surface area contributed by atoms with E-state index in [1.807, 2.05) is 24.3 Å². The van der Waals surface area contributed by atoms with Crippen LogP contribution in [-0.4, -0.2) is 20.9 Å². The lowest BCUT2D eigenvalue weighted by molar-refractivity contribution is 0.668. The minimum Gasteiger partial charge on any atom is -0.344 e. The first kappa shape index (κ1) is 28.3. The van der Waals surface area contributed by atoms with Crippen molar-refractivity contribution in [1.29, 1.82) is 0 Å². The molecular weight excluding hydrogens is 611 g/mol. The molecule has 1 unspecified atom stereocenters. The molecule has 0 saturated heterocycles. The van der Waals surface area contributed by atoms with Gasteiger partial charge in [-0.3, -0.25) is 4.57 Å². The first-order chi connectivity index (χ1) is 24.8. The summed E-state index contributed by atoms with van der Waals surface area (Å²) in [6, 6.07) is 62.1. The fourth-order valence-corrected chi connectivity index (χ4v) is 7.46. The molecule has 0 bridgehead atoms. The van der Waals surface area contributed by atoms with Crippen molar-refractivity contribution in [3.05, 3.63) is 187 Å². The fraction of sp³-hybridized carbons (Fsp3) is 0.0222. The van der Waals surface area contributed by atoms with Crippen LogP contribution in [0.2, 0.25) is 0 Å². The van der Waals surface area contributed by atoms with Gasteiger partial charge in [-0.05, 0) is 65.2 Å². The van der Waals surface area contributed by atoms with Crippen molar-refractivity contribution >= 4 is 55.4 Å². The lowest BCUT2D eigenvalue weighted by Gasteiger charge is -2.24. The van der Waals surface area contributed by atoms with Gasteiger partial charge in [0.1, 0.15) is 12.0 Å². The first-order valence-electron chi connectivity index (χ1n) is 17.0. The van der Waals surface area contributed by atoms with E-state index in [0.29, 0.717) is 5.96 Å². The Labute approximate surface area is 289 Å². The highest BCUT2D eigenvalue weighted by Gasteiger charge is 2.24. The van der Waals surface area contributed by atoms with E-state index in [4.69, 9.17) is 9.98 Å². The van der Waals surface area contributed by atoms with Gasteiger partial charge in [0.2, 0.25) is 5.96 Å². The molecule has 1 N–H and O–H groups in total. The number of nitrogens with zero attached hydrogens (tertiary/aromatic N) is 4. The van der Waals surface area contributed by atoms with E-state index < -0.39 is 0 Å². The summed E-state index contributed by atoms with van der Waals surface area (Å²) in [5, 5.41) is 8.41. The molecule has 7 aromatic carbocycles. The van der Waals surface area contributed by atoms with Gasteiger partial charge in [0.15, 0.2) is 0 Å². The lowest BCUT2D eigenvalue weighted by atomic mass is 10.0. The second-order valence-corrected chi connectivity index (χ2v) is 12.7. The standard InChI is InChI=1S/C45H31N5/c1-4-14-30(15-5-1)43-46-44(31-16-6-2-7-17-31)48-45(47-43)50-40-23-13-11-21-36(40)38-29-33(25-27-42(38)50)32-24-26-41-37(28-32)35-20-10-12-22-39(35)49(41)34-18-8-3-9-19-34/h1-29,43H,(H,46,47,48). The number of amidine groups is 1. The van der Waals surface area contributed by atoms with E-state index in [0.717, 1.165) is 33.7 Å². The van der Waals surface area contributed by atoms with Gasteiger partial charge in [0.05, 0.1) is 22.1 Å². The number of aliphatic imine (C=N–C) groups is 2. The third-order valence-electron chi connectivity index (χ3n) is 9.79. The van der Waals surface area contributed by atoms with Crippen LogP contribution in [0.1, 0.15) is 17.3 Å². The number of para-hydroxylation sites is 3. The first-order valence-corrected chi connectivity index (χ1v) is 17.0. The van der Waals surface area contributed by atoms with Gasteiger partial charge in [-0.1, -0.05) is 127 Å². The molecule has 10 rings (SSSR count). The maximum absolute atomic E-state index is 5.22. The Balaban J connectivity index is 1.15. The number of hydrogen-bond acceptors (Lipinski definition) is 3. The maximum atomic E-state index is 5.22. The van der Waals surface area contributed by atoms with Crippen molar-refractivity contribution in [1.82, 2.24) is 14.5 Å². The zero-order chi connectivity index (χ0) is 33.0. The highest BCUT2D eigenvalue weighted by Crippen LogP contribution is 2.37. The molecule has 1 aliphatic heterocycles. The van der Waals surface area contributed by atoms with Crippen LogP contribution in [-0.2, 0) is 0 Å². The number of fused-ring (bicyclic) bond motifs is 6. The summed E-state index contributed by atoms with van der Waals surface area (Å²) in [6.45, 7) is 0. The smallest absolute Gasteiger partial charge is 0.234 e. The van der Waals surface area contributed by atoms with E-state index >= 15 is 0 Å². The third-order valence-corrected chi connectivity index (χ3v) is 9.79. The Kier molecular flexibility index (Phi) is 6.49. The average Bonchev–Trinajstić information content (AvgIpc) is 3.71. The fourth-order valence-electron chi connectivity index (χ4n) is 7.46. The van der Waals surface area contributed by atoms with Crippen LogP contribution in [0.4, 0.5) is 0 Å². The monoisotopic (exact) mass is 641 g/mol. The van der Waals surface area contributed by atoms with Gasteiger partial charge in [0, 0.05) is 32.8 Å². The molecular formula is C45H31N5. The van der Waals surface area contributed by atoms with Crippen molar-refractivity contribution < 1.29 is 0 Å². The van der Waals surface area contributed by atoms with Gasteiger partial charge in [-0.15, -0.1) is 0 Å². The van der Waals surface area contributed by atoms with Gasteiger partial charge in [-0.2, -0.15) is 4.99 Å². The molecule has 5 nitrogen and oxygen atoms in total. The predicted molar refractivity (Wildman–Crippen MR) is 207 cm³/mol. The van der Waals surface area contributed by atoms with Crippen LogP contribution in [0.5, 0.6) is 0 Å². The highest BCUT2D eigenvalue weighted by atomic mass is 15.3. The quantitative estimate of drug-likeness (QED) is 0.204. The molecule has 2 aromatic heterocycles. The Morgan fingerprint density at radius 3 is 1.56 bits per heavy atom. The molecule has 0 amide bonds. The van der Waals surface area contributed by atoms with Crippen molar-refractivity contribution in [3.8, 4) is 16.8 Å². The molecule has 0 saturated carbocycles. The summed E-state index contributed by atoms with van der Waals surface area (Å²) in [6.07, 6.45) is -0.279. The lowest BCUT2D eigenvalue weighted by Crippen LogP contribution is -2.35. The second kappa shape index (κ2) is 11.5. The predicted octanol–water partition coefficient (Wildman–Crippen LogP) is 10.5. The number of hydrogen-bond donors (Lipinski definition) is 1. The van der Waals surface area contributed by atoms with Gasteiger partial charge in [-0.25, -0.2) is 4.99 Å². The summed E-state index contributed by atoms with van der Waals surface area (Å²) >= 11 is 0. The third kappa shape index (κ3) is 4.55. The average molecular weight is 642 g/mol. The zero-order valence-corrected chi connectivity index (χ0v) is 27.1. The van der Waals surface area contributed by atoms with E-state index in [2.05, 4.69) is 166 Å². The maximum Gasteiger partial charge on any atom is 0.234 e. The summed E-state index contributed by atoms with van der Waals surface area (Å²) < 4.78 is 4.57. The molecule has 1 atom stereocenters. The normalized spacial score (nSPS) is 14.6. The summed E-state index contributed by atoms with van der Waals surface area (Å²) in [5.74, 6) is 1.46. The van der Waals surface area contributed by atoms with Crippen LogP contribution < -0.4 is 5.32 Å². The van der Waals surface area contributed by atoms with Crippen molar-refractivity contribution in [2.24, 2.45) is 9.98 Å². The molecule has 50 heavy (non-hydrogen) atoms. The van der Waals surface area contributed by atoms with Gasteiger partial charge < -0.3 is 9.88 Å². The van der Waals surface area contributed by atoms with Crippen LogP contribution in [0.25, 0.3) is 60.4 Å². The molecule has 9 aromatic rings. The molecule has 236 valence electrons. The molecule has 5 heteroatoms. The Hall–Kier alpha value is -6.72. The Morgan fingerprint density at radius 2 is 0.920 bits per heavy atom. The number of rotatable bonds is 4. The number of aromatic nitrogens is 2. The van der Waals surface area contributed by atoms with Crippen molar-refractivity contribution in [2.45, 2.75) is 6.17 Å². The molecule has 0 radical (unpaired) electrons. The molecule has 3 heterocycles. The van der Waals surface area contributed by atoms with Crippen LogP contribution in [0.15, 0.2) is 186 Å². The minimum absolute atomic E-state index is 0.279. The number of nitrogens with one attached hydrogen (secondary N) is 1. The zero-order valence-electron chi connectivity index (χ0n) is 27.1. The van der Waals surface area contributed by atoms with E-state index in [1.165, 1.54) is 43.7 Å². The van der Waals surface area contributed by atoms with E-state index in [-0.39, 0.29) is 6.17 Å². The Bertz CT molecular complexity index is 2770. The number of benzene rings is 7. The SMILES string of the molecule is c1ccc(C2=NC(n3c4ccccc4c4cc(-c5ccc6c(c5)c5ccccc5n6-c5ccccc5)ccc43)=NC(c3ccccc3)N2)cc1. The van der Waals surface area contributed by atoms with Crippen LogP contribution in [0, 0.1) is 0 Å². The minimum atomic E-state index is -0.279. The molecule has 1 aliphatic rings. The molecule has 0 spiro atoms. The van der Waals surface area contributed by atoms with Crippen LogP contribution >= 0.6 is 0 Å². The Morgan fingerprint density at radius 1 is 0.420 bits per heavy atom. The van der Waals surface area contributed by atoms with Crippen molar-refractivity contribution in [3.63, 3.8) is 0 Å². The van der Waals surface area contributed by atoms with Gasteiger partial charge >= 0.3 is 0 Å². The van der Waals surface area contributed by atoms with Gasteiger partial charge in [0.25, 0.3) is 0 Å². The van der Waals surface area contributed by atoms with Crippen molar-refractivity contribution in [2.75, 3.05) is 0 Å². The second-order valence-electron chi connectivity index (χ2n) is 12.7. The van der Waals surface area contributed by atoms with Crippen LogP contribution in [0.3, 0.4) is 0 Å².